The molecule has 6 nitrogen and oxygen atoms in total. The predicted molar refractivity (Wildman–Crippen MR) is 109 cm³/mol. The largest absolute Gasteiger partial charge is 0.488 e. The Morgan fingerprint density at radius 2 is 1.66 bits per heavy atom. The van der Waals surface area contributed by atoms with E-state index < -0.39 is 6.17 Å². The summed E-state index contributed by atoms with van der Waals surface area (Å²) >= 11 is 0. The first-order valence-electron chi connectivity index (χ1n) is 9.21. The zero-order chi connectivity index (χ0) is 20.2. The standard InChI is InChI=1S/C23H20N2O4/c1-28-23(27)16-12-10-15(11-13-16)14-29-20-9-5-3-7-18(20)21-24-19-8-4-2-6-17(19)22(26)25-21/h2-13,21,24H,14H2,1H3,(H,25,26)/t21-/m0/s1. The normalized spacial score (nSPS) is 14.9. The van der Waals surface area contributed by atoms with Crippen LogP contribution < -0.4 is 15.4 Å². The van der Waals surface area contributed by atoms with E-state index in [4.69, 9.17) is 9.47 Å². The Bertz CT molecular complexity index is 1050. The van der Waals surface area contributed by atoms with Crippen molar-refractivity contribution >= 4 is 17.6 Å². The number of para-hydroxylation sites is 2. The van der Waals surface area contributed by atoms with E-state index in [1.165, 1.54) is 7.11 Å². The molecule has 3 aromatic rings. The van der Waals surface area contributed by atoms with Crippen molar-refractivity contribution < 1.29 is 19.1 Å². The van der Waals surface area contributed by atoms with Crippen LogP contribution in [0.15, 0.2) is 72.8 Å². The molecule has 2 N–H and O–H groups in total. The second-order valence-corrected chi connectivity index (χ2v) is 6.61. The van der Waals surface area contributed by atoms with Crippen molar-refractivity contribution in [3.8, 4) is 5.75 Å². The molecule has 1 heterocycles. The quantitative estimate of drug-likeness (QED) is 0.648. The summed E-state index contributed by atoms with van der Waals surface area (Å²) in [5.41, 5.74) is 3.65. The number of carbonyl (C=O) groups is 2. The molecule has 0 aromatic heterocycles. The summed E-state index contributed by atoms with van der Waals surface area (Å²) in [7, 11) is 1.35. The van der Waals surface area contributed by atoms with Gasteiger partial charge in [-0.1, -0.05) is 42.5 Å². The maximum absolute atomic E-state index is 12.4. The topological polar surface area (TPSA) is 76.7 Å². The molecular formula is C23H20N2O4. The van der Waals surface area contributed by atoms with Crippen LogP contribution in [0.4, 0.5) is 5.69 Å². The van der Waals surface area contributed by atoms with E-state index in [1.807, 2.05) is 54.6 Å². The fourth-order valence-corrected chi connectivity index (χ4v) is 3.23. The number of methoxy groups -OCH3 is 1. The van der Waals surface area contributed by atoms with Gasteiger partial charge in [-0.3, -0.25) is 4.79 Å². The lowest BCUT2D eigenvalue weighted by Crippen LogP contribution is -2.38. The lowest BCUT2D eigenvalue weighted by molar-refractivity contribution is 0.0600. The summed E-state index contributed by atoms with van der Waals surface area (Å²) in [4.78, 5) is 24.0. The Balaban J connectivity index is 1.51. The highest BCUT2D eigenvalue weighted by atomic mass is 16.5. The van der Waals surface area contributed by atoms with Gasteiger partial charge >= 0.3 is 5.97 Å². The molecule has 1 aliphatic heterocycles. The van der Waals surface area contributed by atoms with Gasteiger partial charge in [0, 0.05) is 11.3 Å². The zero-order valence-electron chi connectivity index (χ0n) is 15.8. The molecule has 0 aliphatic carbocycles. The van der Waals surface area contributed by atoms with Crippen molar-refractivity contribution in [1.29, 1.82) is 0 Å². The smallest absolute Gasteiger partial charge is 0.337 e. The number of hydrogen-bond donors (Lipinski definition) is 2. The molecule has 1 atom stereocenters. The zero-order valence-corrected chi connectivity index (χ0v) is 15.8. The number of carbonyl (C=O) groups excluding carboxylic acids is 2. The van der Waals surface area contributed by atoms with Crippen molar-refractivity contribution in [1.82, 2.24) is 5.32 Å². The third-order valence-corrected chi connectivity index (χ3v) is 4.75. The summed E-state index contributed by atoms with van der Waals surface area (Å²) in [5.74, 6) is 0.168. The van der Waals surface area contributed by atoms with E-state index in [2.05, 4.69) is 10.6 Å². The number of rotatable bonds is 5. The summed E-state index contributed by atoms with van der Waals surface area (Å²) in [5, 5.41) is 6.32. The van der Waals surface area contributed by atoms with Gasteiger partial charge in [-0.2, -0.15) is 0 Å². The minimum Gasteiger partial charge on any atom is -0.488 e. The maximum Gasteiger partial charge on any atom is 0.337 e. The van der Waals surface area contributed by atoms with E-state index in [0.29, 0.717) is 23.5 Å². The van der Waals surface area contributed by atoms with Gasteiger partial charge in [-0.15, -0.1) is 0 Å². The Morgan fingerprint density at radius 1 is 0.931 bits per heavy atom. The Kier molecular flexibility index (Phi) is 5.16. The molecule has 1 amide bonds. The predicted octanol–water partition coefficient (Wildman–Crippen LogP) is 3.91. The van der Waals surface area contributed by atoms with Crippen LogP contribution in [0.1, 0.15) is 38.0 Å². The number of benzene rings is 3. The van der Waals surface area contributed by atoms with Gasteiger partial charge in [0.1, 0.15) is 18.5 Å². The molecule has 1 aliphatic rings. The monoisotopic (exact) mass is 388 g/mol. The van der Waals surface area contributed by atoms with Crippen molar-refractivity contribution in [3.63, 3.8) is 0 Å². The number of esters is 1. The van der Waals surface area contributed by atoms with E-state index in [9.17, 15) is 9.59 Å². The molecule has 6 heteroatoms. The molecule has 0 spiro atoms. The van der Waals surface area contributed by atoms with E-state index >= 15 is 0 Å². The van der Waals surface area contributed by atoms with Gasteiger partial charge in [0.05, 0.1) is 18.2 Å². The van der Waals surface area contributed by atoms with Crippen LogP contribution in [-0.2, 0) is 11.3 Å². The number of anilines is 1. The van der Waals surface area contributed by atoms with E-state index in [-0.39, 0.29) is 11.9 Å². The van der Waals surface area contributed by atoms with E-state index in [1.54, 1.807) is 18.2 Å². The molecule has 29 heavy (non-hydrogen) atoms. The second kappa shape index (κ2) is 8.06. The second-order valence-electron chi connectivity index (χ2n) is 6.61. The average Bonchev–Trinajstić information content (AvgIpc) is 2.77. The molecule has 0 saturated heterocycles. The summed E-state index contributed by atoms with van der Waals surface area (Å²) in [6.07, 6.45) is -0.393. The number of fused-ring (bicyclic) bond motifs is 1. The molecule has 4 rings (SSSR count). The van der Waals surface area contributed by atoms with Gasteiger partial charge in [0.15, 0.2) is 0 Å². The number of nitrogens with one attached hydrogen (secondary N) is 2. The van der Waals surface area contributed by atoms with Gasteiger partial charge in [0.2, 0.25) is 0 Å². The van der Waals surface area contributed by atoms with Crippen molar-refractivity contribution in [2.24, 2.45) is 0 Å². The third-order valence-electron chi connectivity index (χ3n) is 4.75. The lowest BCUT2D eigenvalue weighted by Gasteiger charge is -2.29. The van der Waals surface area contributed by atoms with Gasteiger partial charge in [-0.05, 0) is 35.9 Å². The number of amides is 1. The third kappa shape index (κ3) is 3.91. The highest BCUT2D eigenvalue weighted by Gasteiger charge is 2.26. The number of hydrogen-bond acceptors (Lipinski definition) is 5. The first kappa shape index (κ1) is 18.6. The Labute approximate surface area is 168 Å². The van der Waals surface area contributed by atoms with Crippen LogP contribution in [0.3, 0.4) is 0 Å². The lowest BCUT2D eigenvalue weighted by atomic mass is 10.1. The fraction of sp³-hybridized carbons (Fsp3) is 0.130. The van der Waals surface area contributed by atoms with Gasteiger partial charge in [-0.25, -0.2) is 4.79 Å². The SMILES string of the molecule is COC(=O)c1ccc(COc2ccccc2[C@@H]2NC(=O)c3ccccc3N2)cc1. The van der Waals surface area contributed by atoms with Crippen LogP contribution in [-0.4, -0.2) is 19.0 Å². The van der Waals surface area contributed by atoms with Crippen LogP contribution in [0.5, 0.6) is 5.75 Å². The van der Waals surface area contributed by atoms with Gasteiger partial charge < -0.3 is 20.1 Å². The van der Waals surface area contributed by atoms with Crippen molar-refractivity contribution in [3.05, 3.63) is 95.1 Å². The molecule has 0 fully saturated rings. The minimum atomic E-state index is -0.393. The minimum absolute atomic E-state index is 0.127. The molecule has 146 valence electrons. The summed E-state index contributed by atoms with van der Waals surface area (Å²) in [6.45, 7) is 0.329. The molecule has 0 unspecified atom stereocenters. The molecule has 3 aromatic carbocycles. The molecule has 0 radical (unpaired) electrons. The Hall–Kier alpha value is -3.80. The van der Waals surface area contributed by atoms with Crippen molar-refractivity contribution in [2.75, 3.05) is 12.4 Å². The average molecular weight is 388 g/mol. The maximum atomic E-state index is 12.4. The summed E-state index contributed by atoms with van der Waals surface area (Å²) < 4.78 is 10.7. The fourth-order valence-electron chi connectivity index (χ4n) is 3.23. The first-order valence-corrected chi connectivity index (χ1v) is 9.21. The first-order chi connectivity index (χ1) is 14.2. The van der Waals surface area contributed by atoms with Crippen LogP contribution >= 0.6 is 0 Å². The van der Waals surface area contributed by atoms with Gasteiger partial charge in [0.25, 0.3) is 5.91 Å². The van der Waals surface area contributed by atoms with Crippen LogP contribution in [0, 0.1) is 0 Å². The summed E-state index contributed by atoms with van der Waals surface area (Å²) in [6, 6.07) is 22.0. The van der Waals surface area contributed by atoms with Crippen LogP contribution in [0.25, 0.3) is 0 Å². The number of ether oxygens (including phenoxy) is 2. The highest BCUT2D eigenvalue weighted by Crippen LogP contribution is 2.31. The molecule has 0 bridgehead atoms. The molecule has 0 saturated carbocycles. The van der Waals surface area contributed by atoms with Crippen molar-refractivity contribution in [2.45, 2.75) is 12.8 Å². The Morgan fingerprint density at radius 3 is 2.45 bits per heavy atom. The highest BCUT2D eigenvalue weighted by molar-refractivity contribution is 6.01. The molecular weight excluding hydrogens is 368 g/mol. The van der Waals surface area contributed by atoms with E-state index in [0.717, 1.165) is 16.8 Å². The van der Waals surface area contributed by atoms with Crippen LogP contribution in [0.2, 0.25) is 0 Å².